The molecule has 0 bridgehead atoms. The van der Waals surface area contributed by atoms with Crippen LogP contribution in [0.1, 0.15) is 22.7 Å². The lowest BCUT2D eigenvalue weighted by atomic mass is 9.95. The summed E-state index contributed by atoms with van der Waals surface area (Å²) < 4.78 is 11.8. The van der Waals surface area contributed by atoms with Gasteiger partial charge in [0.1, 0.15) is 11.5 Å². The highest BCUT2D eigenvalue weighted by Crippen LogP contribution is 2.41. The zero-order chi connectivity index (χ0) is 18.8. The van der Waals surface area contributed by atoms with E-state index in [9.17, 15) is 4.79 Å². The van der Waals surface area contributed by atoms with Gasteiger partial charge < -0.3 is 9.47 Å². The zero-order valence-electron chi connectivity index (χ0n) is 14.8. The van der Waals surface area contributed by atoms with E-state index in [1.165, 1.54) is 0 Å². The molecule has 0 spiro atoms. The molecule has 1 heterocycles. The fraction of sp³-hybridized carbons (Fsp3) is 0.136. The molecule has 1 aliphatic rings. The van der Waals surface area contributed by atoms with Crippen LogP contribution in [-0.4, -0.2) is 18.1 Å². The van der Waals surface area contributed by atoms with Crippen LogP contribution in [0.3, 0.4) is 0 Å². The maximum absolute atomic E-state index is 12.8. The molecular weight excluding hydrogens is 406 g/mol. The number of amides is 1. The second-order valence-corrected chi connectivity index (χ2v) is 7.25. The minimum Gasteiger partial charge on any atom is -0.497 e. The number of nitrogens with zero attached hydrogens (tertiary/aromatic N) is 1. The minimum atomic E-state index is -0.352. The van der Waals surface area contributed by atoms with Crippen LogP contribution < -0.4 is 9.47 Å². The highest BCUT2D eigenvalue weighted by molar-refractivity contribution is 9.10. The number of carbonyl (C=O) groups is 1. The molecule has 0 fully saturated rings. The molecule has 0 saturated heterocycles. The molecule has 1 amide bonds. The normalized spacial score (nSPS) is 15.9. The first-order valence-electron chi connectivity index (χ1n) is 8.61. The maximum Gasteiger partial charge on any atom is 0.416 e. The van der Waals surface area contributed by atoms with Crippen LogP contribution in [0.4, 0.5) is 4.79 Å². The number of fused-ring (bicyclic) bond motifs is 1. The zero-order valence-corrected chi connectivity index (χ0v) is 16.3. The molecule has 4 nitrogen and oxygen atoms in total. The molecule has 4 rings (SSSR count). The number of hydrogen-bond acceptors (Lipinski definition) is 3. The summed E-state index contributed by atoms with van der Waals surface area (Å²) in [6.07, 6.45) is -0.352. The number of carbonyl (C=O) groups excluding carboxylic acids is 1. The summed E-state index contributed by atoms with van der Waals surface area (Å²) in [7, 11) is 1.64. The van der Waals surface area contributed by atoms with Crippen LogP contribution in [0.5, 0.6) is 11.5 Å². The van der Waals surface area contributed by atoms with Gasteiger partial charge in [-0.15, -0.1) is 0 Å². The van der Waals surface area contributed by atoms with E-state index in [1.54, 1.807) is 12.0 Å². The fourth-order valence-electron chi connectivity index (χ4n) is 3.33. The lowest BCUT2D eigenvalue weighted by molar-refractivity contribution is 0.122. The Labute approximate surface area is 166 Å². The molecule has 136 valence electrons. The average molecular weight is 424 g/mol. The Kier molecular flexibility index (Phi) is 4.86. The van der Waals surface area contributed by atoms with Gasteiger partial charge in [-0.2, -0.15) is 0 Å². The van der Waals surface area contributed by atoms with E-state index in [-0.39, 0.29) is 12.1 Å². The number of hydrogen-bond donors (Lipinski definition) is 0. The molecule has 5 heteroatoms. The minimum absolute atomic E-state index is 0.220. The summed E-state index contributed by atoms with van der Waals surface area (Å²) >= 11 is 3.54. The number of halogens is 1. The molecule has 0 aromatic heterocycles. The number of benzene rings is 3. The van der Waals surface area contributed by atoms with Crippen molar-refractivity contribution in [3.05, 3.63) is 94.0 Å². The van der Waals surface area contributed by atoms with Gasteiger partial charge in [0.2, 0.25) is 0 Å². The Morgan fingerprint density at radius 2 is 1.78 bits per heavy atom. The molecule has 3 aromatic carbocycles. The molecule has 1 atom stereocenters. The number of ether oxygens (including phenoxy) is 2. The number of rotatable bonds is 4. The molecule has 3 aromatic rings. The SMILES string of the molecule is COc1ccc(CN2C(=O)Oc3ccc(Br)cc3C2c2ccccc2)cc1. The average Bonchev–Trinajstić information content (AvgIpc) is 2.70. The predicted octanol–water partition coefficient (Wildman–Crippen LogP) is 5.56. The van der Waals surface area contributed by atoms with E-state index in [2.05, 4.69) is 15.9 Å². The van der Waals surface area contributed by atoms with Crippen molar-refractivity contribution < 1.29 is 14.3 Å². The van der Waals surface area contributed by atoms with Crippen molar-refractivity contribution in [1.29, 1.82) is 0 Å². The quantitative estimate of drug-likeness (QED) is 0.551. The second-order valence-electron chi connectivity index (χ2n) is 6.34. The monoisotopic (exact) mass is 423 g/mol. The Morgan fingerprint density at radius 1 is 1.04 bits per heavy atom. The summed E-state index contributed by atoms with van der Waals surface area (Å²) in [6.45, 7) is 0.439. The molecule has 0 radical (unpaired) electrons. The van der Waals surface area contributed by atoms with Gasteiger partial charge in [-0.05, 0) is 41.5 Å². The Balaban J connectivity index is 1.76. The van der Waals surface area contributed by atoms with Gasteiger partial charge in [-0.25, -0.2) is 4.79 Å². The van der Waals surface area contributed by atoms with Crippen molar-refractivity contribution in [1.82, 2.24) is 4.90 Å². The van der Waals surface area contributed by atoms with Crippen molar-refractivity contribution >= 4 is 22.0 Å². The van der Waals surface area contributed by atoms with Crippen LogP contribution in [0.15, 0.2) is 77.3 Å². The van der Waals surface area contributed by atoms with Crippen molar-refractivity contribution in [2.24, 2.45) is 0 Å². The summed E-state index contributed by atoms with van der Waals surface area (Å²) in [5, 5.41) is 0. The summed E-state index contributed by atoms with van der Waals surface area (Å²) in [6, 6.07) is 23.2. The number of methoxy groups -OCH3 is 1. The van der Waals surface area contributed by atoms with E-state index >= 15 is 0 Å². The summed E-state index contributed by atoms with van der Waals surface area (Å²) in [4.78, 5) is 14.6. The van der Waals surface area contributed by atoms with Gasteiger partial charge in [0, 0.05) is 16.6 Å². The van der Waals surface area contributed by atoms with Crippen LogP contribution >= 0.6 is 15.9 Å². The highest BCUT2D eigenvalue weighted by atomic mass is 79.9. The van der Waals surface area contributed by atoms with Crippen LogP contribution in [0.2, 0.25) is 0 Å². The smallest absolute Gasteiger partial charge is 0.416 e. The Hall–Kier alpha value is -2.79. The van der Waals surface area contributed by atoms with E-state index in [1.807, 2.05) is 72.8 Å². The molecular formula is C22H18BrNO3. The van der Waals surface area contributed by atoms with E-state index in [0.29, 0.717) is 12.3 Å². The molecule has 1 unspecified atom stereocenters. The lowest BCUT2D eigenvalue weighted by Crippen LogP contribution is -2.40. The molecule has 1 aliphatic heterocycles. The molecule has 0 N–H and O–H groups in total. The highest BCUT2D eigenvalue weighted by Gasteiger charge is 2.35. The topological polar surface area (TPSA) is 38.8 Å². The van der Waals surface area contributed by atoms with Gasteiger partial charge in [0.25, 0.3) is 0 Å². The summed E-state index contributed by atoms with van der Waals surface area (Å²) in [5.74, 6) is 1.39. The van der Waals surface area contributed by atoms with Gasteiger partial charge in [-0.1, -0.05) is 58.4 Å². The lowest BCUT2D eigenvalue weighted by Gasteiger charge is -2.36. The summed E-state index contributed by atoms with van der Waals surface area (Å²) in [5.41, 5.74) is 3.01. The largest absolute Gasteiger partial charge is 0.497 e. The second kappa shape index (κ2) is 7.45. The Morgan fingerprint density at radius 3 is 2.48 bits per heavy atom. The molecule has 0 saturated carbocycles. The van der Waals surface area contributed by atoms with Crippen LogP contribution in [0.25, 0.3) is 0 Å². The van der Waals surface area contributed by atoms with Crippen LogP contribution in [0, 0.1) is 0 Å². The van der Waals surface area contributed by atoms with Crippen molar-refractivity contribution in [3.63, 3.8) is 0 Å². The molecule has 0 aliphatic carbocycles. The van der Waals surface area contributed by atoms with Gasteiger partial charge in [0.15, 0.2) is 0 Å². The van der Waals surface area contributed by atoms with Crippen molar-refractivity contribution in [2.75, 3.05) is 7.11 Å². The standard InChI is InChI=1S/C22H18BrNO3/c1-26-18-10-7-15(8-11-18)14-24-21(16-5-3-2-4-6-16)19-13-17(23)9-12-20(19)27-22(24)25/h2-13,21H,14H2,1H3. The van der Waals surface area contributed by atoms with Crippen LogP contribution in [-0.2, 0) is 6.54 Å². The van der Waals surface area contributed by atoms with Gasteiger partial charge in [-0.3, -0.25) is 4.90 Å². The third-order valence-electron chi connectivity index (χ3n) is 4.64. The third-order valence-corrected chi connectivity index (χ3v) is 5.13. The third kappa shape index (κ3) is 3.55. The van der Waals surface area contributed by atoms with Crippen molar-refractivity contribution in [3.8, 4) is 11.5 Å². The van der Waals surface area contributed by atoms with Crippen molar-refractivity contribution in [2.45, 2.75) is 12.6 Å². The van der Waals surface area contributed by atoms with E-state index in [0.717, 1.165) is 26.9 Å². The van der Waals surface area contributed by atoms with Gasteiger partial charge in [0.05, 0.1) is 13.2 Å². The maximum atomic E-state index is 12.8. The first-order valence-corrected chi connectivity index (χ1v) is 9.41. The van der Waals surface area contributed by atoms with E-state index in [4.69, 9.17) is 9.47 Å². The Bertz CT molecular complexity index is 957. The van der Waals surface area contributed by atoms with Gasteiger partial charge >= 0.3 is 6.09 Å². The molecule has 27 heavy (non-hydrogen) atoms. The fourth-order valence-corrected chi connectivity index (χ4v) is 3.71. The first-order chi connectivity index (χ1) is 13.2. The van der Waals surface area contributed by atoms with E-state index < -0.39 is 0 Å². The first kappa shape index (κ1) is 17.6. The predicted molar refractivity (Wildman–Crippen MR) is 107 cm³/mol.